The third-order valence-corrected chi connectivity index (χ3v) is 5.13. The number of carbonyl (C=O) groups is 1. The number of nitrogens with zero attached hydrogens (tertiary/aromatic N) is 3. The first-order chi connectivity index (χ1) is 11.2. The van der Waals surface area contributed by atoms with Gasteiger partial charge in [-0.15, -0.1) is 21.5 Å². The van der Waals surface area contributed by atoms with E-state index in [1.807, 2.05) is 48.7 Å². The molecule has 5 nitrogen and oxygen atoms in total. The second kappa shape index (κ2) is 6.89. The number of benzene rings is 1. The molecular formula is C16H15N3O2S2. The molecule has 0 aliphatic carbocycles. The number of thiophene rings is 1. The predicted octanol–water partition coefficient (Wildman–Crippen LogP) is 3.94. The number of hydrogen-bond acceptors (Lipinski definition) is 6. The summed E-state index contributed by atoms with van der Waals surface area (Å²) in [5.74, 6) is 0.751. The maximum absolute atomic E-state index is 12.5. The van der Waals surface area contributed by atoms with Crippen molar-refractivity contribution >= 4 is 33.7 Å². The van der Waals surface area contributed by atoms with E-state index in [0.717, 1.165) is 16.3 Å². The van der Waals surface area contributed by atoms with E-state index >= 15 is 0 Å². The van der Waals surface area contributed by atoms with E-state index in [-0.39, 0.29) is 5.91 Å². The van der Waals surface area contributed by atoms with Crippen LogP contribution in [0.25, 0.3) is 10.6 Å². The lowest BCUT2D eigenvalue weighted by atomic mass is 10.2. The Morgan fingerprint density at radius 1 is 1.22 bits per heavy atom. The highest BCUT2D eigenvalue weighted by Crippen LogP contribution is 2.30. The first-order valence-corrected chi connectivity index (χ1v) is 8.76. The van der Waals surface area contributed by atoms with Crippen LogP contribution in [0.2, 0.25) is 0 Å². The summed E-state index contributed by atoms with van der Waals surface area (Å²) in [5.41, 5.74) is 0.953. The van der Waals surface area contributed by atoms with Crippen molar-refractivity contribution in [1.29, 1.82) is 0 Å². The number of carbonyl (C=O) groups excluding carboxylic acids is 1. The zero-order valence-corrected chi connectivity index (χ0v) is 14.4. The van der Waals surface area contributed by atoms with Gasteiger partial charge in [0, 0.05) is 12.1 Å². The van der Waals surface area contributed by atoms with Crippen molar-refractivity contribution in [2.45, 2.75) is 6.92 Å². The molecule has 0 unspecified atom stereocenters. The van der Waals surface area contributed by atoms with Gasteiger partial charge < -0.3 is 4.74 Å². The number of amides is 1. The Morgan fingerprint density at radius 3 is 2.61 bits per heavy atom. The number of rotatable bonds is 5. The topological polar surface area (TPSA) is 55.3 Å². The van der Waals surface area contributed by atoms with Crippen LogP contribution in [0.4, 0.5) is 5.13 Å². The first kappa shape index (κ1) is 15.6. The summed E-state index contributed by atoms with van der Waals surface area (Å²) >= 11 is 2.83. The van der Waals surface area contributed by atoms with Gasteiger partial charge in [-0.25, -0.2) is 0 Å². The van der Waals surface area contributed by atoms with Crippen LogP contribution in [0.5, 0.6) is 5.75 Å². The Morgan fingerprint density at radius 2 is 2.00 bits per heavy atom. The van der Waals surface area contributed by atoms with Crippen molar-refractivity contribution in [3.8, 4) is 16.3 Å². The molecule has 0 radical (unpaired) electrons. The fraction of sp³-hybridized carbons (Fsp3) is 0.188. The molecule has 3 aromatic rings. The van der Waals surface area contributed by atoms with Gasteiger partial charge in [-0.05, 0) is 42.6 Å². The van der Waals surface area contributed by atoms with Gasteiger partial charge in [-0.3, -0.25) is 9.69 Å². The van der Waals surface area contributed by atoms with Gasteiger partial charge in [0.2, 0.25) is 5.13 Å². The minimum absolute atomic E-state index is 0.0417. The Labute approximate surface area is 142 Å². The maximum Gasteiger partial charge on any atom is 0.270 e. The number of hydrogen-bond donors (Lipinski definition) is 0. The summed E-state index contributed by atoms with van der Waals surface area (Å²) in [7, 11) is 1.63. The monoisotopic (exact) mass is 345 g/mol. The number of anilines is 1. The molecule has 118 valence electrons. The van der Waals surface area contributed by atoms with E-state index in [0.29, 0.717) is 16.6 Å². The van der Waals surface area contributed by atoms with Crippen molar-refractivity contribution in [2.24, 2.45) is 0 Å². The molecule has 0 saturated carbocycles. The van der Waals surface area contributed by atoms with E-state index < -0.39 is 0 Å². The Bertz CT molecular complexity index is 782. The summed E-state index contributed by atoms with van der Waals surface area (Å²) < 4.78 is 5.15. The average molecular weight is 345 g/mol. The fourth-order valence-electron chi connectivity index (χ4n) is 2.07. The highest BCUT2D eigenvalue weighted by molar-refractivity contribution is 7.18. The molecule has 0 fully saturated rings. The second-order valence-corrected chi connectivity index (χ2v) is 6.55. The summed E-state index contributed by atoms with van der Waals surface area (Å²) in [6.07, 6.45) is 0. The Hall–Kier alpha value is -2.25. The van der Waals surface area contributed by atoms with E-state index in [2.05, 4.69) is 10.2 Å². The zero-order chi connectivity index (χ0) is 16.2. The van der Waals surface area contributed by atoms with Gasteiger partial charge in [0.05, 0.1) is 12.0 Å². The third-order valence-electron chi connectivity index (χ3n) is 3.28. The van der Waals surface area contributed by atoms with Crippen molar-refractivity contribution in [3.05, 3.63) is 46.7 Å². The van der Waals surface area contributed by atoms with E-state index in [1.54, 1.807) is 12.0 Å². The molecule has 1 amide bonds. The maximum atomic E-state index is 12.5. The minimum Gasteiger partial charge on any atom is -0.497 e. The predicted molar refractivity (Wildman–Crippen MR) is 93.6 cm³/mol. The SMILES string of the molecule is CCN(C(=O)c1cccs1)c1nnc(-c2ccc(OC)cc2)s1. The molecule has 0 spiro atoms. The summed E-state index contributed by atoms with van der Waals surface area (Å²) in [5, 5.41) is 11.7. The fourth-order valence-corrected chi connectivity index (χ4v) is 3.66. The molecule has 1 aromatic carbocycles. The molecular weight excluding hydrogens is 330 g/mol. The van der Waals surface area contributed by atoms with E-state index in [4.69, 9.17) is 4.74 Å². The average Bonchev–Trinajstić information content (AvgIpc) is 3.27. The number of aromatic nitrogens is 2. The van der Waals surface area contributed by atoms with Crippen LogP contribution in [0.15, 0.2) is 41.8 Å². The van der Waals surface area contributed by atoms with Crippen LogP contribution in [0, 0.1) is 0 Å². The summed E-state index contributed by atoms with van der Waals surface area (Å²) in [6.45, 7) is 2.48. The lowest BCUT2D eigenvalue weighted by molar-refractivity contribution is 0.0992. The highest BCUT2D eigenvalue weighted by atomic mass is 32.1. The first-order valence-electron chi connectivity index (χ1n) is 7.06. The molecule has 2 aromatic heterocycles. The lowest BCUT2D eigenvalue weighted by Crippen LogP contribution is -2.29. The van der Waals surface area contributed by atoms with Crippen molar-refractivity contribution in [3.63, 3.8) is 0 Å². The number of ether oxygens (including phenoxy) is 1. The van der Waals surface area contributed by atoms with E-state index in [9.17, 15) is 4.79 Å². The van der Waals surface area contributed by atoms with Crippen LogP contribution in [-0.4, -0.2) is 29.8 Å². The third kappa shape index (κ3) is 3.25. The molecule has 23 heavy (non-hydrogen) atoms. The summed E-state index contributed by atoms with van der Waals surface area (Å²) in [4.78, 5) is 14.9. The molecule has 0 atom stereocenters. The van der Waals surface area contributed by atoms with Gasteiger partial charge in [0.1, 0.15) is 10.8 Å². The van der Waals surface area contributed by atoms with Crippen LogP contribution >= 0.6 is 22.7 Å². The molecule has 0 aliphatic rings. The molecule has 0 bridgehead atoms. The molecule has 2 heterocycles. The van der Waals surface area contributed by atoms with Gasteiger partial charge in [-0.1, -0.05) is 17.4 Å². The normalized spacial score (nSPS) is 10.5. The highest BCUT2D eigenvalue weighted by Gasteiger charge is 2.21. The molecule has 0 aliphatic heterocycles. The minimum atomic E-state index is -0.0417. The zero-order valence-electron chi connectivity index (χ0n) is 12.7. The van der Waals surface area contributed by atoms with Gasteiger partial charge in [0.25, 0.3) is 5.91 Å². The van der Waals surface area contributed by atoms with Crippen molar-refractivity contribution < 1.29 is 9.53 Å². The smallest absolute Gasteiger partial charge is 0.270 e. The van der Waals surface area contributed by atoms with Crippen LogP contribution < -0.4 is 9.64 Å². The van der Waals surface area contributed by atoms with Gasteiger partial charge in [-0.2, -0.15) is 0 Å². The van der Waals surface area contributed by atoms with Crippen molar-refractivity contribution in [1.82, 2.24) is 10.2 Å². The molecule has 0 N–H and O–H groups in total. The molecule has 0 saturated heterocycles. The Balaban J connectivity index is 1.85. The summed E-state index contributed by atoms with van der Waals surface area (Å²) in [6, 6.07) is 11.3. The van der Waals surface area contributed by atoms with Crippen LogP contribution in [0.1, 0.15) is 16.6 Å². The standard InChI is InChI=1S/C16H15N3O2S2/c1-3-19(15(20)13-5-4-10-22-13)16-18-17-14(23-16)11-6-8-12(21-2)9-7-11/h4-10H,3H2,1-2H3. The lowest BCUT2D eigenvalue weighted by Gasteiger charge is -2.15. The van der Waals surface area contributed by atoms with Crippen LogP contribution in [0.3, 0.4) is 0 Å². The second-order valence-electron chi connectivity index (χ2n) is 4.65. The Kier molecular flexibility index (Phi) is 4.68. The van der Waals surface area contributed by atoms with Crippen LogP contribution in [-0.2, 0) is 0 Å². The largest absolute Gasteiger partial charge is 0.497 e. The van der Waals surface area contributed by atoms with Gasteiger partial charge in [0.15, 0.2) is 0 Å². The van der Waals surface area contributed by atoms with Crippen molar-refractivity contribution in [2.75, 3.05) is 18.6 Å². The van der Waals surface area contributed by atoms with Gasteiger partial charge >= 0.3 is 0 Å². The van der Waals surface area contributed by atoms with E-state index in [1.165, 1.54) is 22.7 Å². The molecule has 7 heteroatoms. The number of methoxy groups -OCH3 is 1. The molecule has 3 rings (SSSR count). The quantitative estimate of drug-likeness (QED) is 0.703.